The van der Waals surface area contributed by atoms with E-state index in [-0.39, 0.29) is 5.69 Å². The van der Waals surface area contributed by atoms with Crippen molar-refractivity contribution in [3.05, 3.63) is 57.9 Å². The fourth-order valence-corrected chi connectivity index (χ4v) is 1.85. The van der Waals surface area contributed by atoms with Gasteiger partial charge in [0.2, 0.25) is 0 Å². The lowest BCUT2D eigenvalue weighted by molar-refractivity contribution is -0.384. The topological polar surface area (TPSA) is 80.1 Å². The third-order valence-corrected chi connectivity index (χ3v) is 3.00. The SMILES string of the molecule is CNc1cc(NCc2ncccc2C)cc([N+](=O)[O-])c1. The minimum Gasteiger partial charge on any atom is -0.388 e. The van der Waals surface area contributed by atoms with E-state index in [9.17, 15) is 10.1 Å². The molecule has 0 bridgehead atoms. The van der Waals surface area contributed by atoms with E-state index >= 15 is 0 Å². The van der Waals surface area contributed by atoms with Gasteiger partial charge in [-0.05, 0) is 24.6 Å². The molecule has 0 atom stereocenters. The Morgan fingerprint density at radius 2 is 2.05 bits per heavy atom. The first-order chi connectivity index (χ1) is 9.60. The highest BCUT2D eigenvalue weighted by Crippen LogP contribution is 2.24. The number of aryl methyl sites for hydroxylation is 1. The number of rotatable bonds is 5. The van der Waals surface area contributed by atoms with E-state index < -0.39 is 4.92 Å². The molecule has 1 aromatic carbocycles. The zero-order chi connectivity index (χ0) is 14.5. The fraction of sp³-hybridized carbons (Fsp3) is 0.214. The fourth-order valence-electron chi connectivity index (χ4n) is 1.85. The molecule has 6 heteroatoms. The molecule has 2 rings (SSSR count). The van der Waals surface area contributed by atoms with Crippen molar-refractivity contribution in [3.63, 3.8) is 0 Å². The quantitative estimate of drug-likeness (QED) is 0.646. The summed E-state index contributed by atoms with van der Waals surface area (Å²) in [5.41, 5.74) is 3.44. The Morgan fingerprint density at radius 1 is 1.30 bits per heavy atom. The lowest BCUT2D eigenvalue weighted by atomic mass is 10.2. The first kappa shape index (κ1) is 13.8. The average molecular weight is 272 g/mol. The molecule has 6 nitrogen and oxygen atoms in total. The van der Waals surface area contributed by atoms with Gasteiger partial charge in [0, 0.05) is 36.8 Å². The molecule has 0 radical (unpaired) electrons. The van der Waals surface area contributed by atoms with E-state index in [1.54, 1.807) is 13.2 Å². The number of benzene rings is 1. The summed E-state index contributed by atoms with van der Waals surface area (Å²) in [6, 6.07) is 8.70. The van der Waals surface area contributed by atoms with Crippen LogP contribution in [0.5, 0.6) is 0 Å². The Morgan fingerprint density at radius 3 is 2.70 bits per heavy atom. The smallest absolute Gasteiger partial charge is 0.273 e. The van der Waals surface area contributed by atoms with Crippen molar-refractivity contribution in [2.45, 2.75) is 13.5 Å². The van der Waals surface area contributed by atoms with Crippen LogP contribution in [0.4, 0.5) is 17.1 Å². The van der Waals surface area contributed by atoms with Crippen LogP contribution in [0.1, 0.15) is 11.3 Å². The van der Waals surface area contributed by atoms with Crippen molar-refractivity contribution in [2.24, 2.45) is 0 Å². The highest BCUT2D eigenvalue weighted by molar-refractivity contribution is 5.63. The zero-order valence-electron chi connectivity index (χ0n) is 11.4. The van der Waals surface area contributed by atoms with E-state index in [1.165, 1.54) is 12.1 Å². The van der Waals surface area contributed by atoms with Gasteiger partial charge in [-0.1, -0.05) is 6.07 Å². The standard InChI is InChI=1S/C14H16N4O2/c1-10-4-3-5-16-14(10)9-17-12-6-11(15-2)7-13(8-12)18(19)20/h3-8,15,17H,9H2,1-2H3. The molecule has 0 aliphatic carbocycles. The van der Waals surface area contributed by atoms with Crippen LogP contribution in [0.25, 0.3) is 0 Å². The molecule has 104 valence electrons. The van der Waals surface area contributed by atoms with Gasteiger partial charge in [0.1, 0.15) is 0 Å². The van der Waals surface area contributed by atoms with Crippen LogP contribution in [0.2, 0.25) is 0 Å². The summed E-state index contributed by atoms with van der Waals surface area (Å²) in [5, 5.41) is 17.0. The van der Waals surface area contributed by atoms with E-state index in [1.807, 2.05) is 25.1 Å². The summed E-state index contributed by atoms with van der Waals surface area (Å²) >= 11 is 0. The van der Waals surface area contributed by atoms with Crippen LogP contribution < -0.4 is 10.6 Å². The van der Waals surface area contributed by atoms with Gasteiger partial charge >= 0.3 is 0 Å². The van der Waals surface area contributed by atoms with Crippen LogP contribution in [0.15, 0.2) is 36.5 Å². The van der Waals surface area contributed by atoms with Crippen LogP contribution >= 0.6 is 0 Å². The summed E-state index contributed by atoms with van der Waals surface area (Å²) in [7, 11) is 1.73. The van der Waals surface area contributed by atoms with Gasteiger partial charge in [-0.3, -0.25) is 15.1 Å². The van der Waals surface area contributed by atoms with Crippen molar-refractivity contribution < 1.29 is 4.92 Å². The Labute approximate surface area is 117 Å². The number of nitrogens with zero attached hydrogens (tertiary/aromatic N) is 2. The zero-order valence-corrected chi connectivity index (χ0v) is 11.4. The Balaban J connectivity index is 2.19. The van der Waals surface area contributed by atoms with Crippen LogP contribution in [0.3, 0.4) is 0 Å². The molecule has 0 aliphatic heterocycles. The first-order valence-electron chi connectivity index (χ1n) is 6.22. The molecule has 0 amide bonds. The normalized spacial score (nSPS) is 10.1. The number of anilines is 2. The number of non-ortho nitro benzene ring substituents is 1. The van der Waals surface area contributed by atoms with E-state index in [2.05, 4.69) is 15.6 Å². The summed E-state index contributed by atoms with van der Waals surface area (Å²) in [4.78, 5) is 14.8. The van der Waals surface area contributed by atoms with Gasteiger partial charge in [-0.25, -0.2) is 0 Å². The molecule has 20 heavy (non-hydrogen) atoms. The summed E-state index contributed by atoms with van der Waals surface area (Å²) < 4.78 is 0. The Kier molecular flexibility index (Phi) is 4.14. The molecule has 0 unspecified atom stereocenters. The maximum atomic E-state index is 10.9. The molecule has 1 heterocycles. The highest BCUT2D eigenvalue weighted by Gasteiger charge is 2.09. The highest BCUT2D eigenvalue weighted by atomic mass is 16.6. The number of hydrogen-bond acceptors (Lipinski definition) is 5. The minimum atomic E-state index is -0.405. The van der Waals surface area contributed by atoms with Gasteiger partial charge in [0.05, 0.1) is 17.2 Å². The van der Waals surface area contributed by atoms with Crippen LogP contribution in [0, 0.1) is 17.0 Å². The monoisotopic (exact) mass is 272 g/mol. The van der Waals surface area contributed by atoms with Gasteiger partial charge < -0.3 is 10.6 Å². The van der Waals surface area contributed by atoms with Crippen molar-refractivity contribution in [1.29, 1.82) is 0 Å². The Bertz CT molecular complexity index is 628. The van der Waals surface area contributed by atoms with Crippen molar-refractivity contribution in [1.82, 2.24) is 4.98 Å². The van der Waals surface area contributed by atoms with Gasteiger partial charge in [0.25, 0.3) is 5.69 Å². The van der Waals surface area contributed by atoms with Gasteiger partial charge in [-0.15, -0.1) is 0 Å². The van der Waals surface area contributed by atoms with E-state index in [0.29, 0.717) is 17.9 Å². The number of nitrogens with one attached hydrogen (secondary N) is 2. The lowest BCUT2D eigenvalue weighted by Crippen LogP contribution is -2.04. The molecular weight excluding hydrogens is 256 g/mol. The molecule has 0 saturated heterocycles. The summed E-state index contributed by atoms with van der Waals surface area (Å²) in [6.07, 6.45) is 1.73. The lowest BCUT2D eigenvalue weighted by Gasteiger charge is -2.09. The maximum Gasteiger partial charge on any atom is 0.273 e. The number of hydrogen-bond donors (Lipinski definition) is 2. The molecule has 1 aromatic heterocycles. The maximum absolute atomic E-state index is 10.9. The molecular formula is C14H16N4O2. The largest absolute Gasteiger partial charge is 0.388 e. The first-order valence-corrected chi connectivity index (χ1v) is 6.22. The van der Waals surface area contributed by atoms with E-state index in [4.69, 9.17) is 0 Å². The number of nitro groups is 1. The second-order valence-electron chi connectivity index (χ2n) is 4.40. The average Bonchev–Trinajstić information content (AvgIpc) is 2.46. The summed E-state index contributed by atoms with van der Waals surface area (Å²) in [6.45, 7) is 2.51. The van der Waals surface area contributed by atoms with Crippen molar-refractivity contribution >= 4 is 17.1 Å². The van der Waals surface area contributed by atoms with Gasteiger partial charge in [-0.2, -0.15) is 0 Å². The van der Waals surface area contributed by atoms with Crippen molar-refractivity contribution in [3.8, 4) is 0 Å². The Hall–Kier alpha value is -2.63. The molecule has 2 N–H and O–H groups in total. The minimum absolute atomic E-state index is 0.0529. The van der Waals surface area contributed by atoms with Gasteiger partial charge in [0.15, 0.2) is 0 Å². The van der Waals surface area contributed by atoms with Crippen LogP contribution in [-0.4, -0.2) is 17.0 Å². The van der Waals surface area contributed by atoms with E-state index in [0.717, 1.165) is 11.3 Å². The second kappa shape index (κ2) is 6.01. The molecule has 0 spiro atoms. The number of pyridine rings is 1. The third-order valence-electron chi connectivity index (χ3n) is 3.00. The molecule has 0 aliphatic rings. The van der Waals surface area contributed by atoms with Crippen LogP contribution in [-0.2, 0) is 6.54 Å². The second-order valence-corrected chi connectivity index (χ2v) is 4.40. The summed E-state index contributed by atoms with van der Waals surface area (Å²) in [5.74, 6) is 0. The number of nitro benzene ring substituents is 1. The predicted octanol–water partition coefficient (Wildman–Crippen LogP) is 2.95. The molecule has 0 saturated carbocycles. The van der Waals surface area contributed by atoms with Crippen molar-refractivity contribution in [2.75, 3.05) is 17.7 Å². The molecule has 0 fully saturated rings. The predicted molar refractivity (Wildman–Crippen MR) is 78.9 cm³/mol. The number of aromatic nitrogens is 1. The third kappa shape index (κ3) is 3.23. The molecule has 2 aromatic rings.